The van der Waals surface area contributed by atoms with Crippen LogP contribution in [0, 0.1) is 0 Å². The maximum absolute atomic E-state index is 12.8. The van der Waals surface area contributed by atoms with Crippen molar-refractivity contribution in [1.82, 2.24) is 9.78 Å². The number of nitrogens with one attached hydrogen (secondary N) is 2. The van der Waals surface area contributed by atoms with Crippen LogP contribution < -0.4 is 15.5 Å². The lowest BCUT2D eigenvalue weighted by atomic mass is 10.1. The fraction of sp³-hybridized carbons (Fsp3) is 0.292. The Kier molecular flexibility index (Phi) is 6.51. The summed E-state index contributed by atoms with van der Waals surface area (Å²) in [7, 11) is 4.00. The molecule has 0 aliphatic carbocycles. The first kappa shape index (κ1) is 21.6. The van der Waals surface area contributed by atoms with Crippen molar-refractivity contribution < 1.29 is 14.3 Å². The Bertz CT molecular complexity index is 1090. The average molecular weight is 434 g/mol. The summed E-state index contributed by atoms with van der Waals surface area (Å²) in [5, 5.41) is 10.1. The van der Waals surface area contributed by atoms with Gasteiger partial charge in [-0.2, -0.15) is 5.10 Å². The van der Waals surface area contributed by atoms with Gasteiger partial charge in [-0.25, -0.2) is 4.68 Å². The fourth-order valence-corrected chi connectivity index (χ4v) is 3.57. The summed E-state index contributed by atoms with van der Waals surface area (Å²) in [6.45, 7) is 1.14. The highest BCUT2D eigenvalue weighted by molar-refractivity contribution is 6.05. The van der Waals surface area contributed by atoms with Crippen LogP contribution in [0.15, 0.2) is 60.8 Å². The Morgan fingerprint density at radius 3 is 2.66 bits per heavy atom. The first-order valence-corrected chi connectivity index (χ1v) is 10.6. The number of aromatic nitrogens is 2. The predicted molar refractivity (Wildman–Crippen MR) is 124 cm³/mol. The smallest absolute Gasteiger partial charge is 0.256 e. The Morgan fingerprint density at radius 1 is 1.12 bits per heavy atom. The van der Waals surface area contributed by atoms with Crippen molar-refractivity contribution in [3.05, 3.63) is 71.9 Å². The molecule has 166 valence electrons. The monoisotopic (exact) mass is 433 g/mol. The van der Waals surface area contributed by atoms with Gasteiger partial charge in [-0.3, -0.25) is 9.59 Å². The van der Waals surface area contributed by atoms with E-state index in [4.69, 9.17) is 4.74 Å². The van der Waals surface area contributed by atoms with Crippen molar-refractivity contribution >= 4 is 29.0 Å². The van der Waals surface area contributed by atoms with Gasteiger partial charge >= 0.3 is 0 Å². The molecule has 1 unspecified atom stereocenters. The number of amides is 2. The number of benzene rings is 2. The largest absolute Gasteiger partial charge is 0.378 e. The van der Waals surface area contributed by atoms with Gasteiger partial charge in [0.1, 0.15) is 11.9 Å². The van der Waals surface area contributed by atoms with Crippen LogP contribution in [0.5, 0.6) is 0 Å². The van der Waals surface area contributed by atoms with Crippen molar-refractivity contribution in [1.29, 1.82) is 0 Å². The summed E-state index contributed by atoms with van der Waals surface area (Å²) < 4.78 is 7.15. The molecule has 1 aromatic heterocycles. The van der Waals surface area contributed by atoms with E-state index in [0.29, 0.717) is 36.6 Å². The first-order chi connectivity index (χ1) is 15.5. The van der Waals surface area contributed by atoms with Crippen molar-refractivity contribution in [2.24, 2.45) is 0 Å². The molecule has 32 heavy (non-hydrogen) atoms. The highest BCUT2D eigenvalue weighted by Gasteiger charge is 2.23. The Morgan fingerprint density at radius 2 is 1.94 bits per heavy atom. The van der Waals surface area contributed by atoms with Gasteiger partial charge in [-0.1, -0.05) is 18.2 Å². The van der Waals surface area contributed by atoms with Gasteiger partial charge in [-0.05, 0) is 48.7 Å². The summed E-state index contributed by atoms with van der Waals surface area (Å²) >= 11 is 0. The predicted octanol–water partition coefficient (Wildman–Crippen LogP) is 3.37. The third kappa shape index (κ3) is 5.15. The van der Waals surface area contributed by atoms with Crippen molar-refractivity contribution in [3.8, 4) is 0 Å². The maximum atomic E-state index is 12.8. The van der Waals surface area contributed by atoms with E-state index < -0.39 is 6.10 Å². The molecule has 8 nitrogen and oxygen atoms in total. The molecule has 1 aliphatic heterocycles. The standard InChI is InChI=1S/C24H27N5O3/c1-28(2)20-10-8-17(9-11-20)16-29-22(12-13-25-29)27-23(30)18-5-3-6-19(15-18)26-24(31)21-7-4-14-32-21/h3,5-6,8-13,15,21H,4,7,14,16H2,1-2H3,(H,26,31)(H,27,30). The number of anilines is 3. The molecule has 2 aromatic carbocycles. The molecule has 1 atom stereocenters. The van der Waals surface area contributed by atoms with Crippen LogP contribution in [0.25, 0.3) is 0 Å². The third-order valence-corrected chi connectivity index (χ3v) is 5.36. The lowest BCUT2D eigenvalue weighted by Gasteiger charge is -2.14. The van der Waals surface area contributed by atoms with E-state index in [0.717, 1.165) is 17.7 Å². The molecule has 3 aromatic rings. The van der Waals surface area contributed by atoms with E-state index in [1.54, 1.807) is 41.2 Å². The second kappa shape index (κ2) is 9.65. The minimum Gasteiger partial charge on any atom is -0.378 e. The summed E-state index contributed by atoms with van der Waals surface area (Å²) in [5.41, 5.74) is 3.20. The molecular weight excluding hydrogens is 406 g/mol. The molecule has 1 aliphatic rings. The molecule has 1 fully saturated rings. The van der Waals surface area contributed by atoms with Gasteiger partial charge < -0.3 is 20.3 Å². The quantitative estimate of drug-likeness (QED) is 0.597. The zero-order chi connectivity index (χ0) is 22.5. The average Bonchev–Trinajstić information content (AvgIpc) is 3.47. The molecular formula is C24H27N5O3. The highest BCUT2D eigenvalue weighted by atomic mass is 16.5. The van der Waals surface area contributed by atoms with Gasteiger partial charge in [0.15, 0.2) is 0 Å². The Labute approximate surface area is 187 Å². The fourth-order valence-electron chi connectivity index (χ4n) is 3.57. The number of nitrogens with zero attached hydrogens (tertiary/aromatic N) is 3. The minimum atomic E-state index is -0.423. The summed E-state index contributed by atoms with van der Waals surface area (Å²) in [5.74, 6) is 0.141. The number of ether oxygens (including phenoxy) is 1. The molecule has 0 saturated carbocycles. The zero-order valence-corrected chi connectivity index (χ0v) is 18.2. The van der Waals surface area contributed by atoms with E-state index in [-0.39, 0.29) is 11.8 Å². The Hall–Kier alpha value is -3.65. The molecule has 2 heterocycles. The van der Waals surface area contributed by atoms with Gasteiger partial charge in [0.25, 0.3) is 11.8 Å². The molecule has 2 N–H and O–H groups in total. The number of carbonyl (C=O) groups is 2. The molecule has 2 amide bonds. The number of hydrogen-bond donors (Lipinski definition) is 2. The van der Waals surface area contributed by atoms with Gasteiger partial charge in [-0.15, -0.1) is 0 Å². The molecule has 4 rings (SSSR count). The number of carbonyl (C=O) groups excluding carboxylic acids is 2. The highest BCUT2D eigenvalue weighted by Crippen LogP contribution is 2.18. The van der Waals surface area contributed by atoms with Crippen LogP contribution in [-0.4, -0.2) is 48.4 Å². The van der Waals surface area contributed by atoms with Crippen molar-refractivity contribution in [3.63, 3.8) is 0 Å². The summed E-state index contributed by atoms with van der Waals surface area (Å²) in [6, 6.07) is 16.8. The normalized spacial score (nSPS) is 15.4. The van der Waals surface area contributed by atoms with E-state index in [2.05, 4.69) is 15.7 Å². The number of rotatable bonds is 7. The second-order valence-electron chi connectivity index (χ2n) is 7.96. The van der Waals surface area contributed by atoms with Crippen LogP contribution in [0.2, 0.25) is 0 Å². The topological polar surface area (TPSA) is 88.5 Å². The van der Waals surface area contributed by atoms with Gasteiger partial charge in [0.05, 0.1) is 12.7 Å². The van der Waals surface area contributed by atoms with E-state index in [9.17, 15) is 9.59 Å². The zero-order valence-electron chi connectivity index (χ0n) is 18.2. The SMILES string of the molecule is CN(C)c1ccc(Cn2nccc2NC(=O)c2cccc(NC(=O)C3CCCO3)c2)cc1. The summed E-state index contributed by atoms with van der Waals surface area (Å²) in [6.07, 6.45) is 2.83. The van der Waals surface area contributed by atoms with Crippen LogP contribution in [-0.2, 0) is 16.1 Å². The molecule has 0 radical (unpaired) electrons. The summed E-state index contributed by atoms with van der Waals surface area (Å²) in [4.78, 5) is 27.2. The lowest BCUT2D eigenvalue weighted by molar-refractivity contribution is -0.124. The molecule has 0 spiro atoms. The van der Waals surface area contributed by atoms with Crippen molar-refractivity contribution in [2.75, 3.05) is 36.2 Å². The van der Waals surface area contributed by atoms with Gasteiger partial charge in [0.2, 0.25) is 0 Å². The first-order valence-electron chi connectivity index (χ1n) is 10.6. The third-order valence-electron chi connectivity index (χ3n) is 5.36. The lowest BCUT2D eigenvalue weighted by Crippen LogP contribution is -2.27. The Balaban J connectivity index is 1.41. The van der Waals surface area contributed by atoms with Crippen molar-refractivity contribution in [2.45, 2.75) is 25.5 Å². The minimum absolute atomic E-state index is 0.182. The molecule has 0 bridgehead atoms. The molecule has 8 heteroatoms. The van der Waals surface area contributed by atoms with Crippen LogP contribution in [0.1, 0.15) is 28.8 Å². The van der Waals surface area contributed by atoms with Gasteiger partial charge in [0, 0.05) is 43.7 Å². The van der Waals surface area contributed by atoms with E-state index >= 15 is 0 Å². The molecule has 1 saturated heterocycles. The van der Waals surface area contributed by atoms with Crippen LogP contribution in [0.3, 0.4) is 0 Å². The second-order valence-corrected chi connectivity index (χ2v) is 7.96. The van der Waals surface area contributed by atoms with Crippen LogP contribution in [0.4, 0.5) is 17.2 Å². The van der Waals surface area contributed by atoms with E-state index in [1.165, 1.54) is 0 Å². The van der Waals surface area contributed by atoms with Crippen LogP contribution >= 0.6 is 0 Å². The maximum Gasteiger partial charge on any atom is 0.256 e. The van der Waals surface area contributed by atoms with E-state index in [1.807, 2.05) is 43.3 Å². The number of hydrogen-bond acceptors (Lipinski definition) is 5.